The number of amides is 1. The van der Waals surface area contributed by atoms with Crippen LogP contribution in [0.2, 0.25) is 0 Å². The number of morpholine rings is 1. The van der Waals surface area contributed by atoms with E-state index in [1.165, 1.54) is 0 Å². The zero-order chi connectivity index (χ0) is 14.5. The fourth-order valence-corrected chi connectivity index (χ4v) is 4.11. The van der Waals surface area contributed by atoms with Crippen molar-refractivity contribution >= 4 is 11.9 Å². The maximum atomic E-state index is 12.8. The lowest BCUT2D eigenvalue weighted by Crippen LogP contribution is -2.55. The summed E-state index contributed by atoms with van der Waals surface area (Å²) in [6, 6.07) is 0.163. The molecule has 1 amide bonds. The van der Waals surface area contributed by atoms with Crippen LogP contribution in [0.15, 0.2) is 0 Å². The van der Waals surface area contributed by atoms with Crippen molar-refractivity contribution in [3.05, 3.63) is 0 Å². The summed E-state index contributed by atoms with van der Waals surface area (Å²) in [7, 11) is 0. The Hall–Kier alpha value is -1.10. The van der Waals surface area contributed by atoms with Crippen molar-refractivity contribution in [2.24, 2.45) is 17.3 Å². The Balaban J connectivity index is 1.75. The van der Waals surface area contributed by atoms with Gasteiger partial charge in [0.2, 0.25) is 5.91 Å². The van der Waals surface area contributed by atoms with Gasteiger partial charge in [-0.1, -0.05) is 26.7 Å². The number of nitrogens with zero attached hydrogens (tertiary/aromatic N) is 1. The summed E-state index contributed by atoms with van der Waals surface area (Å²) in [5.74, 6) is -1.70. The van der Waals surface area contributed by atoms with Crippen LogP contribution in [0.25, 0.3) is 0 Å². The molecule has 0 aromatic carbocycles. The van der Waals surface area contributed by atoms with Gasteiger partial charge >= 0.3 is 5.97 Å². The summed E-state index contributed by atoms with van der Waals surface area (Å²) in [4.78, 5) is 25.9. The van der Waals surface area contributed by atoms with Gasteiger partial charge in [0.25, 0.3) is 0 Å². The highest BCUT2D eigenvalue weighted by molar-refractivity contribution is 5.92. The molecule has 4 atom stereocenters. The number of carbonyl (C=O) groups excluding carboxylic acids is 1. The number of carboxylic acid groups (broad SMARTS) is 1. The van der Waals surface area contributed by atoms with E-state index in [0.717, 1.165) is 25.7 Å². The molecule has 5 heteroatoms. The zero-order valence-electron chi connectivity index (χ0n) is 12.2. The number of rotatable bonds is 2. The lowest BCUT2D eigenvalue weighted by atomic mass is 9.89. The fourth-order valence-electron chi connectivity index (χ4n) is 4.11. The molecule has 20 heavy (non-hydrogen) atoms. The normalized spacial score (nSPS) is 39.0. The van der Waals surface area contributed by atoms with Crippen LogP contribution in [0.3, 0.4) is 0 Å². The van der Waals surface area contributed by atoms with Gasteiger partial charge < -0.3 is 14.7 Å². The molecule has 112 valence electrons. The first-order valence-electron chi connectivity index (χ1n) is 7.59. The number of hydrogen-bond acceptors (Lipinski definition) is 3. The molecule has 0 spiro atoms. The Morgan fingerprint density at radius 3 is 2.55 bits per heavy atom. The Kier molecular flexibility index (Phi) is 3.27. The minimum absolute atomic E-state index is 0.0302. The lowest BCUT2D eigenvalue weighted by Gasteiger charge is -2.44. The van der Waals surface area contributed by atoms with Gasteiger partial charge in [0.15, 0.2) is 0 Å². The van der Waals surface area contributed by atoms with Crippen molar-refractivity contribution in [3.63, 3.8) is 0 Å². The molecule has 1 saturated heterocycles. The molecule has 1 N–H and O–H groups in total. The van der Waals surface area contributed by atoms with Gasteiger partial charge in [-0.2, -0.15) is 0 Å². The first kappa shape index (κ1) is 13.9. The van der Waals surface area contributed by atoms with Gasteiger partial charge in [0, 0.05) is 6.54 Å². The topological polar surface area (TPSA) is 66.8 Å². The second kappa shape index (κ2) is 4.72. The predicted molar refractivity (Wildman–Crippen MR) is 72.1 cm³/mol. The minimum Gasteiger partial charge on any atom is -0.481 e. The Labute approximate surface area is 119 Å². The van der Waals surface area contributed by atoms with Gasteiger partial charge in [-0.15, -0.1) is 0 Å². The molecule has 0 radical (unpaired) electrons. The monoisotopic (exact) mass is 281 g/mol. The van der Waals surface area contributed by atoms with E-state index in [-0.39, 0.29) is 24.0 Å². The molecule has 3 fully saturated rings. The van der Waals surface area contributed by atoms with E-state index in [9.17, 15) is 14.7 Å². The molecule has 3 aliphatic rings. The average molecular weight is 281 g/mol. The van der Waals surface area contributed by atoms with Gasteiger partial charge in [0.05, 0.1) is 30.6 Å². The molecular formula is C15H23NO4. The standard InChI is InChI=1S/C15H23NO4/c1-15(2)11(12(15)14(18)19)13(17)16-7-8-20-10-6-4-3-5-9(10)16/h9-12H,3-8H2,1-2H3,(H,18,19). The summed E-state index contributed by atoms with van der Waals surface area (Å²) in [6.45, 7) is 4.96. The molecule has 0 aromatic heterocycles. The van der Waals surface area contributed by atoms with E-state index in [0.29, 0.717) is 13.2 Å². The number of ether oxygens (including phenoxy) is 1. The fraction of sp³-hybridized carbons (Fsp3) is 0.867. The third-order valence-electron chi connectivity index (χ3n) is 5.37. The number of hydrogen-bond donors (Lipinski definition) is 1. The third-order valence-corrected chi connectivity index (χ3v) is 5.37. The maximum absolute atomic E-state index is 12.8. The van der Waals surface area contributed by atoms with Crippen LogP contribution < -0.4 is 0 Å². The maximum Gasteiger partial charge on any atom is 0.307 e. The SMILES string of the molecule is CC1(C)C(C(=O)O)C1C(=O)N1CCOC2CCCCC21. The Morgan fingerprint density at radius 2 is 1.90 bits per heavy atom. The molecule has 1 aliphatic heterocycles. The lowest BCUT2D eigenvalue weighted by molar-refractivity contribution is -0.153. The van der Waals surface area contributed by atoms with Crippen molar-refractivity contribution in [1.29, 1.82) is 0 Å². The first-order chi connectivity index (χ1) is 9.44. The van der Waals surface area contributed by atoms with Crippen LogP contribution in [0.5, 0.6) is 0 Å². The summed E-state index contributed by atoms with van der Waals surface area (Å²) >= 11 is 0. The van der Waals surface area contributed by atoms with E-state index in [1.807, 2.05) is 18.7 Å². The molecule has 0 aromatic rings. The smallest absolute Gasteiger partial charge is 0.307 e. The highest BCUT2D eigenvalue weighted by Crippen LogP contribution is 2.59. The molecule has 2 saturated carbocycles. The molecule has 0 bridgehead atoms. The largest absolute Gasteiger partial charge is 0.481 e. The highest BCUT2D eigenvalue weighted by Gasteiger charge is 2.67. The quantitative estimate of drug-likeness (QED) is 0.833. The summed E-state index contributed by atoms with van der Waals surface area (Å²) in [5.41, 5.74) is -0.411. The number of carboxylic acids is 1. The second-order valence-corrected chi connectivity index (χ2v) is 6.91. The van der Waals surface area contributed by atoms with Crippen molar-refractivity contribution in [2.45, 2.75) is 51.7 Å². The Morgan fingerprint density at radius 1 is 1.20 bits per heavy atom. The summed E-state index contributed by atoms with van der Waals surface area (Å²) < 4.78 is 5.78. The Bertz CT molecular complexity index is 432. The molecule has 3 rings (SSSR count). The van der Waals surface area contributed by atoms with E-state index in [2.05, 4.69) is 0 Å². The number of carbonyl (C=O) groups is 2. The van der Waals surface area contributed by atoms with E-state index >= 15 is 0 Å². The molecule has 4 unspecified atom stereocenters. The van der Waals surface area contributed by atoms with E-state index in [4.69, 9.17) is 4.74 Å². The van der Waals surface area contributed by atoms with Crippen molar-refractivity contribution in [1.82, 2.24) is 4.90 Å². The van der Waals surface area contributed by atoms with Crippen LogP contribution in [0.1, 0.15) is 39.5 Å². The number of fused-ring (bicyclic) bond motifs is 1. The van der Waals surface area contributed by atoms with Crippen LogP contribution in [-0.2, 0) is 14.3 Å². The molecular weight excluding hydrogens is 258 g/mol. The van der Waals surface area contributed by atoms with E-state index < -0.39 is 17.3 Å². The zero-order valence-corrected chi connectivity index (χ0v) is 12.2. The van der Waals surface area contributed by atoms with Crippen molar-refractivity contribution < 1.29 is 19.4 Å². The average Bonchev–Trinajstić information content (AvgIpc) is 3.00. The first-order valence-corrected chi connectivity index (χ1v) is 7.59. The van der Waals surface area contributed by atoms with Gasteiger partial charge in [0.1, 0.15) is 0 Å². The number of aliphatic carboxylic acids is 1. The minimum atomic E-state index is -0.846. The van der Waals surface area contributed by atoms with Crippen molar-refractivity contribution in [2.75, 3.05) is 13.2 Å². The highest BCUT2D eigenvalue weighted by atomic mass is 16.5. The van der Waals surface area contributed by atoms with Crippen LogP contribution in [0.4, 0.5) is 0 Å². The van der Waals surface area contributed by atoms with Gasteiger partial charge in [-0.3, -0.25) is 9.59 Å². The summed E-state index contributed by atoms with van der Waals surface area (Å²) in [5, 5.41) is 9.24. The van der Waals surface area contributed by atoms with Crippen molar-refractivity contribution in [3.8, 4) is 0 Å². The second-order valence-electron chi connectivity index (χ2n) is 6.91. The van der Waals surface area contributed by atoms with E-state index in [1.54, 1.807) is 0 Å². The van der Waals surface area contributed by atoms with Gasteiger partial charge in [-0.25, -0.2) is 0 Å². The van der Waals surface area contributed by atoms with Gasteiger partial charge in [-0.05, 0) is 18.3 Å². The molecule has 1 heterocycles. The molecule has 5 nitrogen and oxygen atoms in total. The third kappa shape index (κ3) is 2.03. The van der Waals surface area contributed by atoms with Crippen LogP contribution in [0, 0.1) is 17.3 Å². The van der Waals surface area contributed by atoms with Crippen LogP contribution in [-0.4, -0.2) is 47.2 Å². The van der Waals surface area contributed by atoms with Crippen LogP contribution >= 0.6 is 0 Å². The predicted octanol–water partition coefficient (Wildman–Crippen LogP) is 1.51. The summed E-state index contributed by atoms with van der Waals surface area (Å²) in [6.07, 6.45) is 4.46. The molecule has 2 aliphatic carbocycles.